The van der Waals surface area contributed by atoms with Gasteiger partial charge in [0.2, 0.25) is 0 Å². The van der Waals surface area contributed by atoms with Crippen LogP contribution >= 0.6 is 0 Å². The summed E-state index contributed by atoms with van der Waals surface area (Å²) >= 11 is 0. The van der Waals surface area contributed by atoms with Crippen LogP contribution in [0, 0.1) is 0 Å². The van der Waals surface area contributed by atoms with E-state index < -0.39 is 24.3 Å². The first-order valence-corrected chi connectivity index (χ1v) is 6.91. The first-order valence-electron chi connectivity index (χ1n) is 6.91. The quantitative estimate of drug-likeness (QED) is 0.914. The molecule has 0 atom stereocenters. The van der Waals surface area contributed by atoms with Crippen LogP contribution in [0.3, 0.4) is 0 Å². The van der Waals surface area contributed by atoms with Gasteiger partial charge in [-0.2, -0.15) is 18.3 Å². The molecule has 0 aliphatic rings. The molecule has 1 amide bonds. The molecule has 5 nitrogen and oxygen atoms in total. The van der Waals surface area contributed by atoms with Gasteiger partial charge in [-0.3, -0.25) is 4.79 Å². The number of carbonyl (C=O) groups excluding carboxylic acids is 1. The van der Waals surface area contributed by atoms with Gasteiger partial charge in [-0.25, -0.2) is 4.68 Å². The van der Waals surface area contributed by atoms with Gasteiger partial charge in [-0.15, -0.1) is 0 Å². The lowest BCUT2D eigenvalue weighted by atomic mass is 10.2. The van der Waals surface area contributed by atoms with Gasteiger partial charge in [-0.1, -0.05) is 12.1 Å². The Kier molecular flexibility index (Phi) is 4.92. The number of amides is 1. The number of ether oxygens (including phenoxy) is 1. The number of alkyl halides is 3. The van der Waals surface area contributed by atoms with Crippen LogP contribution in [-0.4, -0.2) is 22.3 Å². The molecule has 124 valence electrons. The van der Waals surface area contributed by atoms with Crippen LogP contribution in [0.25, 0.3) is 0 Å². The first-order chi connectivity index (χ1) is 10.8. The zero-order valence-electron chi connectivity index (χ0n) is 12.6. The van der Waals surface area contributed by atoms with E-state index in [1.165, 1.54) is 24.4 Å². The van der Waals surface area contributed by atoms with Crippen LogP contribution in [-0.2, 0) is 11.0 Å². The molecule has 1 aromatic carbocycles. The van der Waals surface area contributed by atoms with Crippen molar-refractivity contribution >= 4 is 11.7 Å². The molecule has 1 aromatic heterocycles. The summed E-state index contributed by atoms with van der Waals surface area (Å²) < 4.78 is 45.1. The van der Waals surface area contributed by atoms with Gasteiger partial charge >= 0.3 is 6.18 Å². The Morgan fingerprint density at radius 2 is 2.00 bits per heavy atom. The summed E-state index contributed by atoms with van der Waals surface area (Å²) in [7, 11) is 0. The fourth-order valence-corrected chi connectivity index (χ4v) is 1.97. The molecule has 0 fully saturated rings. The first kappa shape index (κ1) is 16.9. The van der Waals surface area contributed by atoms with E-state index in [4.69, 9.17) is 4.74 Å². The van der Waals surface area contributed by atoms with Gasteiger partial charge in [0.05, 0.1) is 11.8 Å². The average Bonchev–Trinajstić information content (AvgIpc) is 2.92. The molecule has 1 heterocycles. The summed E-state index contributed by atoms with van der Waals surface area (Å²) in [6, 6.07) is 6.39. The molecule has 23 heavy (non-hydrogen) atoms. The topological polar surface area (TPSA) is 56.2 Å². The van der Waals surface area contributed by atoms with Crippen LogP contribution in [0.1, 0.15) is 25.5 Å². The van der Waals surface area contributed by atoms with Crippen LogP contribution in [0.15, 0.2) is 36.5 Å². The maximum atomic E-state index is 12.8. The van der Waals surface area contributed by atoms with E-state index in [0.717, 1.165) is 6.07 Å². The fourth-order valence-electron chi connectivity index (χ4n) is 1.97. The Labute approximate surface area is 131 Å². The van der Waals surface area contributed by atoms with Crippen molar-refractivity contribution in [2.45, 2.75) is 26.1 Å². The van der Waals surface area contributed by atoms with E-state index in [0.29, 0.717) is 5.82 Å². The van der Waals surface area contributed by atoms with E-state index in [9.17, 15) is 18.0 Å². The van der Waals surface area contributed by atoms with Crippen molar-refractivity contribution in [3.05, 3.63) is 42.1 Å². The number of carbonyl (C=O) groups is 1. The highest BCUT2D eigenvalue weighted by Crippen LogP contribution is 2.35. The number of anilines is 1. The lowest BCUT2D eigenvalue weighted by Gasteiger charge is -2.14. The van der Waals surface area contributed by atoms with E-state index in [2.05, 4.69) is 10.4 Å². The molecular formula is C15H16F3N3O2. The monoisotopic (exact) mass is 327 g/mol. The zero-order chi connectivity index (χ0) is 17.0. The van der Waals surface area contributed by atoms with Crippen molar-refractivity contribution in [3.8, 4) is 5.75 Å². The summed E-state index contributed by atoms with van der Waals surface area (Å²) in [6.45, 7) is 3.24. The average molecular weight is 327 g/mol. The van der Waals surface area contributed by atoms with Gasteiger partial charge in [-0.05, 0) is 26.0 Å². The number of nitrogens with one attached hydrogen (secondary N) is 1. The normalized spacial score (nSPS) is 11.6. The minimum Gasteiger partial charge on any atom is -0.483 e. The Bertz CT molecular complexity index is 681. The number of rotatable bonds is 5. The van der Waals surface area contributed by atoms with Gasteiger partial charge in [0, 0.05) is 12.1 Å². The highest BCUT2D eigenvalue weighted by Gasteiger charge is 2.34. The van der Waals surface area contributed by atoms with Gasteiger partial charge in [0.1, 0.15) is 11.6 Å². The molecule has 8 heteroatoms. The summed E-state index contributed by atoms with van der Waals surface area (Å²) in [5.41, 5.74) is -0.917. The fraction of sp³-hybridized carbons (Fsp3) is 0.333. The number of halogens is 3. The highest BCUT2D eigenvalue weighted by molar-refractivity contribution is 5.91. The number of para-hydroxylation sites is 1. The van der Waals surface area contributed by atoms with Crippen LogP contribution in [0.4, 0.5) is 19.0 Å². The van der Waals surface area contributed by atoms with E-state index >= 15 is 0 Å². The lowest BCUT2D eigenvalue weighted by Crippen LogP contribution is -2.23. The maximum Gasteiger partial charge on any atom is 0.419 e. The molecular weight excluding hydrogens is 311 g/mol. The minimum absolute atomic E-state index is 0.0344. The summed E-state index contributed by atoms with van der Waals surface area (Å²) in [5.74, 6) is -0.491. The van der Waals surface area contributed by atoms with Gasteiger partial charge in [0.25, 0.3) is 5.91 Å². The van der Waals surface area contributed by atoms with Crippen molar-refractivity contribution in [3.63, 3.8) is 0 Å². The third kappa shape index (κ3) is 4.24. The second kappa shape index (κ2) is 6.72. The van der Waals surface area contributed by atoms with E-state index in [-0.39, 0.29) is 11.8 Å². The van der Waals surface area contributed by atoms with E-state index in [1.54, 1.807) is 10.7 Å². The van der Waals surface area contributed by atoms with Crippen molar-refractivity contribution in [2.75, 3.05) is 11.9 Å². The molecule has 2 rings (SSSR count). The van der Waals surface area contributed by atoms with Crippen LogP contribution in [0.2, 0.25) is 0 Å². The molecule has 0 spiro atoms. The molecule has 2 aromatic rings. The van der Waals surface area contributed by atoms with Gasteiger partial charge < -0.3 is 10.1 Å². The van der Waals surface area contributed by atoms with Crippen LogP contribution in [0.5, 0.6) is 5.75 Å². The summed E-state index contributed by atoms with van der Waals surface area (Å²) in [5, 5.41) is 6.60. The molecule has 0 unspecified atom stereocenters. The number of hydrogen-bond donors (Lipinski definition) is 1. The Morgan fingerprint density at radius 3 is 2.65 bits per heavy atom. The zero-order valence-corrected chi connectivity index (χ0v) is 12.6. The van der Waals surface area contributed by atoms with Crippen molar-refractivity contribution < 1.29 is 22.7 Å². The second-order valence-corrected chi connectivity index (χ2v) is 5.09. The molecule has 0 bridgehead atoms. The van der Waals surface area contributed by atoms with E-state index in [1.807, 2.05) is 13.8 Å². The summed E-state index contributed by atoms with van der Waals surface area (Å²) in [4.78, 5) is 11.9. The maximum absolute atomic E-state index is 12.8. The largest absolute Gasteiger partial charge is 0.483 e. The number of hydrogen-bond acceptors (Lipinski definition) is 3. The summed E-state index contributed by atoms with van der Waals surface area (Å²) in [6.07, 6.45) is -3.02. The van der Waals surface area contributed by atoms with Crippen molar-refractivity contribution in [2.24, 2.45) is 0 Å². The SMILES string of the molecule is CC(C)n1nccc1NC(=O)COc1ccccc1C(F)(F)F. The lowest BCUT2D eigenvalue weighted by molar-refractivity contribution is -0.139. The number of aromatic nitrogens is 2. The minimum atomic E-state index is -4.54. The third-order valence-electron chi connectivity index (χ3n) is 2.98. The Balaban J connectivity index is 2.02. The molecule has 1 N–H and O–H groups in total. The smallest absolute Gasteiger partial charge is 0.419 e. The predicted octanol–water partition coefficient (Wildman–Crippen LogP) is 3.50. The van der Waals surface area contributed by atoms with Gasteiger partial charge in [0.15, 0.2) is 6.61 Å². The Hall–Kier alpha value is -2.51. The molecule has 0 aliphatic heterocycles. The molecule has 0 radical (unpaired) electrons. The highest BCUT2D eigenvalue weighted by atomic mass is 19.4. The molecule has 0 saturated carbocycles. The van der Waals surface area contributed by atoms with Crippen molar-refractivity contribution in [1.82, 2.24) is 9.78 Å². The predicted molar refractivity (Wildman–Crippen MR) is 78.2 cm³/mol. The third-order valence-corrected chi connectivity index (χ3v) is 2.98. The molecule has 0 aliphatic carbocycles. The second-order valence-electron chi connectivity index (χ2n) is 5.09. The van der Waals surface area contributed by atoms with Crippen molar-refractivity contribution in [1.29, 1.82) is 0 Å². The number of nitrogens with zero attached hydrogens (tertiary/aromatic N) is 2. The van der Waals surface area contributed by atoms with Crippen LogP contribution < -0.4 is 10.1 Å². The number of benzene rings is 1. The Morgan fingerprint density at radius 1 is 1.30 bits per heavy atom. The molecule has 0 saturated heterocycles. The standard InChI is InChI=1S/C15H16F3N3O2/c1-10(2)21-13(7-8-19-21)20-14(22)9-23-12-6-4-3-5-11(12)15(16,17)18/h3-8,10H,9H2,1-2H3,(H,20,22).